The lowest BCUT2D eigenvalue weighted by molar-refractivity contribution is -0.0186. The maximum atomic E-state index is 13.5. The molecule has 1 aromatic heterocycles. The number of nitrogens with zero attached hydrogens (tertiary/aromatic N) is 2. The van der Waals surface area contributed by atoms with Crippen LogP contribution in [0.15, 0.2) is 59.0 Å². The third kappa shape index (κ3) is 5.34. The van der Waals surface area contributed by atoms with Gasteiger partial charge in [0.1, 0.15) is 29.3 Å². The summed E-state index contributed by atoms with van der Waals surface area (Å²) < 4.78 is 17.0. The summed E-state index contributed by atoms with van der Waals surface area (Å²) >= 11 is 0. The number of fused-ring (bicyclic) bond motifs is 3. The Morgan fingerprint density at radius 2 is 1.62 bits per heavy atom. The third-order valence-electron chi connectivity index (χ3n) is 7.05. The first-order chi connectivity index (χ1) is 18.5. The zero-order valence-electron chi connectivity index (χ0n) is 22.5. The van der Waals surface area contributed by atoms with Gasteiger partial charge in [0.25, 0.3) is 0 Å². The maximum absolute atomic E-state index is 13.5. The number of aromatic carboxylic acids is 1. The molecule has 3 aromatic rings. The van der Waals surface area contributed by atoms with Crippen LogP contribution in [0.3, 0.4) is 0 Å². The Morgan fingerprint density at radius 3 is 2.15 bits per heavy atom. The molecule has 2 heterocycles. The van der Waals surface area contributed by atoms with Crippen LogP contribution in [-0.2, 0) is 16.0 Å². The lowest BCUT2D eigenvalue weighted by atomic mass is 9.98. The van der Waals surface area contributed by atoms with E-state index in [9.17, 15) is 19.5 Å². The molecule has 2 amide bonds. The van der Waals surface area contributed by atoms with Crippen molar-refractivity contribution in [2.45, 2.75) is 51.8 Å². The number of rotatable bonds is 6. The highest BCUT2D eigenvalue weighted by molar-refractivity contribution is 5.88. The molecule has 0 unspecified atom stereocenters. The number of benzene rings is 2. The van der Waals surface area contributed by atoms with Crippen LogP contribution in [0.1, 0.15) is 59.7 Å². The molecule has 39 heavy (non-hydrogen) atoms. The normalized spacial score (nSPS) is 14.8. The van der Waals surface area contributed by atoms with E-state index in [1.165, 1.54) is 15.9 Å². The number of carbonyl (C=O) groups is 3. The first-order valence-electron chi connectivity index (χ1n) is 12.9. The number of furan rings is 1. The van der Waals surface area contributed by atoms with Gasteiger partial charge in [-0.05, 0) is 56.0 Å². The van der Waals surface area contributed by atoms with Crippen molar-refractivity contribution in [3.8, 4) is 11.1 Å². The predicted octanol–water partition coefficient (Wildman–Crippen LogP) is 5.66. The molecule has 1 saturated heterocycles. The Hall–Kier alpha value is -4.27. The Morgan fingerprint density at radius 1 is 1.03 bits per heavy atom. The van der Waals surface area contributed by atoms with Gasteiger partial charge in [0.05, 0.1) is 12.6 Å². The van der Waals surface area contributed by atoms with Crippen molar-refractivity contribution in [2.24, 2.45) is 0 Å². The largest absolute Gasteiger partial charge is 0.478 e. The standard InChI is InChI=1S/C30H32N2O7/c1-18-25(27(33)34)13-20(38-18)16-32(19-14-31(15-19)28(35)39-30(2,3)4)29(36)37-17-26-23-11-7-5-9-21(23)22-10-6-8-12-24(22)26/h5-13,19,26H,14-17H2,1-4H3,(H,33,34). The van der Waals surface area contributed by atoms with Crippen LogP contribution in [-0.4, -0.2) is 64.4 Å². The molecule has 1 fully saturated rings. The highest BCUT2D eigenvalue weighted by Gasteiger charge is 2.41. The van der Waals surface area contributed by atoms with Gasteiger partial charge in [-0.25, -0.2) is 14.4 Å². The van der Waals surface area contributed by atoms with Gasteiger partial charge in [-0.3, -0.25) is 4.90 Å². The van der Waals surface area contributed by atoms with Gasteiger partial charge in [-0.15, -0.1) is 0 Å². The minimum absolute atomic E-state index is 0.0115. The Balaban J connectivity index is 1.33. The van der Waals surface area contributed by atoms with E-state index in [2.05, 4.69) is 24.3 Å². The number of carboxylic acids is 1. The number of carboxylic acid groups (broad SMARTS) is 1. The zero-order valence-corrected chi connectivity index (χ0v) is 22.5. The molecule has 1 N–H and O–H groups in total. The smallest absolute Gasteiger partial charge is 0.410 e. The molecule has 0 saturated carbocycles. The van der Waals surface area contributed by atoms with Crippen LogP contribution in [0.25, 0.3) is 11.1 Å². The van der Waals surface area contributed by atoms with Crippen LogP contribution in [0.2, 0.25) is 0 Å². The number of hydrogen-bond acceptors (Lipinski definition) is 6. The first-order valence-corrected chi connectivity index (χ1v) is 12.9. The van der Waals surface area contributed by atoms with Crippen LogP contribution < -0.4 is 0 Å². The van der Waals surface area contributed by atoms with Gasteiger partial charge in [-0.1, -0.05) is 48.5 Å². The monoisotopic (exact) mass is 532 g/mol. The van der Waals surface area contributed by atoms with Gasteiger partial charge >= 0.3 is 18.2 Å². The number of amides is 2. The second kappa shape index (κ2) is 10.1. The molecule has 204 valence electrons. The summed E-state index contributed by atoms with van der Waals surface area (Å²) in [6, 6.07) is 17.3. The number of hydrogen-bond donors (Lipinski definition) is 1. The number of likely N-dealkylation sites (tertiary alicyclic amines) is 1. The molecule has 9 heteroatoms. The maximum Gasteiger partial charge on any atom is 0.410 e. The second-order valence-corrected chi connectivity index (χ2v) is 11.0. The van der Waals surface area contributed by atoms with Crippen molar-refractivity contribution in [1.29, 1.82) is 0 Å². The Labute approximate surface area is 226 Å². The topological polar surface area (TPSA) is 110 Å². The molecule has 2 aliphatic rings. The number of carbonyl (C=O) groups excluding carboxylic acids is 2. The van der Waals surface area contributed by atoms with Gasteiger partial charge < -0.3 is 23.9 Å². The molecule has 5 rings (SSSR count). The molecular weight excluding hydrogens is 500 g/mol. The van der Waals surface area contributed by atoms with Crippen molar-refractivity contribution in [3.05, 3.63) is 82.8 Å². The van der Waals surface area contributed by atoms with E-state index in [1.807, 2.05) is 24.3 Å². The van der Waals surface area contributed by atoms with Gasteiger partial charge in [0.15, 0.2) is 0 Å². The van der Waals surface area contributed by atoms with Gasteiger partial charge in [-0.2, -0.15) is 0 Å². The van der Waals surface area contributed by atoms with Crippen molar-refractivity contribution >= 4 is 18.2 Å². The minimum atomic E-state index is -1.10. The van der Waals surface area contributed by atoms with E-state index < -0.39 is 23.8 Å². The van der Waals surface area contributed by atoms with Crippen LogP contribution >= 0.6 is 0 Å². The Bertz CT molecular complexity index is 1370. The molecular formula is C30H32N2O7. The summed E-state index contributed by atoms with van der Waals surface area (Å²) in [5.74, 6) is -0.620. The number of aryl methyl sites for hydroxylation is 1. The molecule has 2 aromatic carbocycles. The molecule has 1 aliphatic carbocycles. The van der Waals surface area contributed by atoms with Crippen molar-refractivity contribution in [1.82, 2.24) is 9.80 Å². The summed E-state index contributed by atoms with van der Waals surface area (Å²) in [6.45, 7) is 7.65. The summed E-state index contributed by atoms with van der Waals surface area (Å²) in [4.78, 5) is 40.5. The lowest BCUT2D eigenvalue weighted by Gasteiger charge is -2.44. The summed E-state index contributed by atoms with van der Waals surface area (Å²) in [6.07, 6.45) is -1.01. The van der Waals surface area contributed by atoms with Crippen molar-refractivity contribution < 1.29 is 33.4 Å². The third-order valence-corrected chi connectivity index (χ3v) is 7.05. The summed E-state index contributed by atoms with van der Waals surface area (Å²) in [5, 5.41) is 9.42. The molecule has 0 atom stereocenters. The molecule has 0 bridgehead atoms. The van der Waals surface area contributed by atoms with Crippen molar-refractivity contribution in [3.63, 3.8) is 0 Å². The van der Waals surface area contributed by atoms with Gasteiger partial charge in [0.2, 0.25) is 0 Å². The molecule has 9 nitrogen and oxygen atoms in total. The summed E-state index contributed by atoms with van der Waals surface area (Å²) in [5.41, 5.74) is 3.88. The predicted molar refractivity (Wildman–Crippen MR) is 143 cm³/mol. The van der Waals surface area contributed by atoms with E-state index in [1.54, 1.807) is 27.7 Å². The lowest BCUT2D eigenvalue weighted by Crippen LogP contribution is -2.62. The molecule has 1 aliphatic heterocycles. The fourth-order valence-electron chi connectivity index (χ4n) is 5.15. The fourth-order valence-corrected chi connectivity index (χ4v) is 5.15. The molecule has 0 radical (unpaired) electrons. The van der Waals surface area contributed by atoms with E-state index >= 15 is 0 Å². The van der Waals surface area contributed by atoms with Crippen LogP contribution in [0.5, 0.6) is 0 Å². The minimum Gasteiger partial charge on any atom is -0.478 e. The van der Waals surface area contributed by atoms with E-state index in [-0.39, 0.29) is 49.5 Å². The van der Waals surface area contributed by atoms with Crippen LogP contribution in [0.4, 0.5) is 9.59 Å². The number of ether oxygens (including phenoxy) is 2. The average Bonchev–Trinajstić information content (AvgIpc) is 3.37. The van der Waals surface area contributed by atoms with Crippen molar-refractivity contribution in [2.75, 3.05) is 19.7 Å². The zero-order chi connectivity index (χ0) is 27.9. The highest BCUT2D eigenvalue weighted by atomic mass is 16.6. The quantitative estimate of drug-likeness (QED) is 0.436. The van der Waals surface area contributed by atoms with E-state index in [0.717, 1.165) is 22.3 Å². The van der Waals surface area contributed by atoms with E-state index in [4.69, 9.17) is 13.9 Å². The van der Waals surface area contributed by atoms with Crippen LogP contribution in [0, 0.1) is 6.92 Å². The highest BCUT2D eigenvalue weighted by Crippen LogP contribution is 2.44. The van der Waals surface area contributed by atoms with E-state index in [0.29, 0.717) is 5.76 Å². The summed E-state index contributed by atoms with van der Waals surface area (Å²) in [7, 11) is 0. The molecule has 0 spiro atoms. The first kappa shape index (κ1) is 26.3. The SMILES string of the molecule is Cc1oc(CN(C(=O)OCC2c3ccccc3-c3ccccc32)C2CN(C(=O)OC(C)(C)C)C2)cc1C(=O)O. The fraction of sp³-hybridized carbons (Fsp3) is 0.367. The average molecular weight is 533 g/mol. The second-order valence-electron chi connectivity index (χ2n) is 11.0. The Kier molecular flexibility index (Phi) is 6.84. The van der Waals surface area contributed by atoms with Gasteiger partial charge in [0, 0.05) is 19.0 Å².